The summed E-state index contributed by atoms with van der Waals surface area (Å²) in [6, 6.07) is 20.7. The summed E-state index contributed by atoms with van der Waals surface area (Å²) in [5.41, 5.74) is 3.97. The number of anilines is 1. The van der Waals surface area contributed by atoms with Crippen LogP contribution in [-0.4, -0.2) is 30.8 Å². The first-order chi connectivity index (χ1) is 19.5. The fourth-order valence-corrected chi connectivity index (χ4v) is 5.55. The summed E-state index contributed by atoms with van der Waals surface area (Å²) in [5.74, 6) is -1.41. The van der Waals surface area contributed by atoms with Gasteiger partial charge in [-0.1, -0.05) is 58.6 Å². The fourth-order valence-electron chi connectivity index (χ4n) is 3.57. The lowest BCUT2D eigenvalue weighted by Crippen LogP contribution is -2.32. The zero-order valence-electron chi connectivity index (χ0n) is 21.5. The number of carbonyl (C=O) groups excluding carboxylic acids is 2. The Balaban J connectivity index is 1.46. The summed E-state index contributed by atoms with van der Waals surface area (Å²) in [6.07, 6.45) is 1.19. The van der Waals surface area contributed by atoms with Crippen LogP contribution in [0.25, 0.3) is 0 Å². The minimum absolute atomic E-state index is 0.0465. The monoisotopic (exact) mass is 632 g/mol. The van der Waals surface area contributed by atoms with Gasteiger partial charge in [0.25, 0.3) is 0 Å². The number of hydrogen-bond acceptors (Lipinski definition) is 6. The molecule has 1 aromatic heterocycles. The number of sulfonamides is 1. The predicted molar refractivity (Wildman–Crippen MR) is 159 cm³/mol. The molecule has 0 saturated heterocycles. The van der Waals surface area contributed by atoms with Crippen LogP contribution in [0, 0.1) is 6.92 Å². The molecule has 4 rings (SSSR count). The van der Waals surface area contributed by atoms with Crippen molar-refractivity contribution < 1.29 is 22.4 Å². The number of hydrogen-bond donors (Lipinski definition) is 2. The first-order valence-electron chi connectivity index (χ1n) is 12.0. The SMILES string of the molecule is Cc1ccc(S(=O)(=O)N(Cc2ccc(/C=N/NC(=O)C(=O)Nc3ccc(Cl)cc3)o2)Cc2ccc(Cl)cc2Cl)cc1. The van der Waals surface area contributed by atoms with Gasteiger partial charge < -0.3 is 9.73 Å². The van der Waals surface area contributed by atoms with Crippen LogP contribution >= 0.6 is 34.8 Å². The molecule has 9 nitrogen and oxygen atoms in total. The Kier molecular flexibility index (Phi) is 9.85. The van der Waals surface area contributed by atoms with Crippen LogP contribution in [0.1, 0.15) is 22.6 Å². The minimum Gasteiger partial charge on any atom is -0.459 e. The molecule has 1 heterocycles. The molecule has 0 spiro atoms. The third-order valence-corrected chi connectivity index (χ3v) is 8.35. The van der Waals surface area contributed by atoms with Gasteiger partial charge in [0.15, 0.2) is 0 Å². The molecule has 0 radical (unpaired) electrons. The number of carbonyl (C=O) groups is 2. The molecule has 41 heavy (non-hydrogen) atoms. The van der Waals surface area contributed by atoms with Gasteiger partial charge in [-0.15, -0.1) is 0 Å². The van der Waals surface area contributed by atoms with Crippen molar-refractivity contribution in [2.75, 3.05) is 5.32 Å². The molecule has 0 atom stereocenters. The maximum atomic E-state index is 13.6. The van der Waals surface area contributed by atoms with E-state index in [1.807, 2.05) is 6.92 Å². The summed E-state index contributed by atoms with van der Waals surface area (Å²) < 4.78 is 34.1. The molecule has 0 fully saturated rings. The second-order valence-corrected chi connectivity index (χ2v) is 12.0. The molecular weight excluding hydrogens is 611 g/mol. The summed E-state index contributed by atoms with van der Waals surface area (Å²) in [7, 11) is -3.96. The van der Waals surface area contributed by atoms with E-state index in [1.54, 1.807) is 66.7 Å². The molecule has 0 bridgehead atoms. The van der Waals surface area contributed by atoms with Crippen LogP contribution < -0.4 is 10.7 Å². The summed E-state index contributed by atoms with van der Waals surface area (Å²) in [4.78, 5) is 24.2. The van der Waals surface area contributed by atoms with Gasteiger partial charge in [-0.05, 0) is 73.2 Å². The quantitative estimate of drug-likeness (QED) is 0.133. The van der Waals surface area contributed by atoms with Crippen LogP contribution in [0.2, 0.25) is 15.1 Å². The number of aryl methyl sites for hydroxylation is 1. The number of nitrogens with one attached hydrogen (secondary N) is 2. The number of benzene rings is 3. The summed E-state index contributed by atoms with van der Waals surface area (Å²) in [6.45, 7) is 1.69. The third kappa shape index (κ3) is 8.18. The lowest BCUT2D eigenvalue weighted by molar-refractivity contribution is -0.136. The van der Waals surface area contributed by atoms with Gasteiger partial charge >= 0.3 is 11.8 Å². The van der Waals surface area contributed by atoms with E-state index in [9.17, 15) is 18.0 Å². The van der Waals surface area contributed by atoms with Crippen molar-refractivity contribution in [2.45, 2.75) is 24.9 Å². The lowest BCUT2D eigenvalue weighted by Gasteiger charge is -2.22. The lowest BCUT2D eigenvalue weighted by atomic mass is 10.2. The molecule has 0 aliphatic rings. The van der Waals surface area contributed by atoms with Crippen LogP contribution in [0.5, 0.6) is 0 Å². The maximum absolute atomic E-state index is 13.6. The Labute approximate surface area is 251 Å². The summed E-state index contributed by atoms with van der Waals surface area (Å²) in [5, 5.41) is 7.39. The predicted octanol–water partition coefficient (Wildman–Crippen LogP) is 6.03. The van der Waals surface area contributed by atoms with E-state index in [-0.39, 0.29) is 23.7 Å². The van der Waals surface area contributed by atoms with E-state index in [4.69, 9.17) is 39.2 Å². The number of halogens is 3. The van der Waals surface area contributed by atoms with Crippen molar-refractivity contribution >= 4 is 68.5 Å². The first kappa shape index (κ1) is 30.3. The van der Waals surface area contributed by atoms with E-state index in [2.05, 4.69) is 15.8 Å². The highest BCUT2D eigenvalue weighted by molar-refractivity contribution is 7.89. The van der Waals surface area contributed by atoms with E-state index >= 15 is 0 Å². The fraction of sp³-hybridized carbons (Fsp3) is 0.107. The number of nitrogens with zero attached hydrogens (tertiary/aromatic N) is 2. The smallest absolute Gasteiger partial charge is 0.329 e. The van der Waals surface area contributed by atoms with E-state index in [1.165, 1.54) is 22.7 Å². The Morgan fingerprint density at radius 1 is 0.878 bits per heavy atom. The van der Waals surface area contributed by atoms with Gasteiger partial charge in [0.05, 0.1) is 17.7 Å². The molecule has 4 aromatic rings. The number of hydrazone groups is 1. The van der Waals surface area contributed by atoms with Gasteiger partial charge in [-0.25, -0.2) is 13.8 Å². The zero-order chi connectivity index (χ0) is 29.6. The molecule has 13 heteroatoms. The van der Waals surface area contributed by atoms with Crippen LogP contribution in [0.15, 0.2) is 93.3 Å². The van der Waals surface area contributed by atoms with E-state index < -0.39 is 21.8 Å². The Morgan fingerprint density at radius 3 is 2.24 bits per heavy atom. The van der Waals surface area contributed by atoms with E-state index in [0.717, 1.165) is 5.56 Å². The van der Waals surface area contributed by atoms with Crippen LogP contribution in [0.4, 0.5) is 5.69 Å². The average Bonchev–Trinajstić information content (AvgIpc) is 3.38. The molecule has 0 aliphatic heterocycles. The standard InChI is InChI=1S/C28H23Cl3N4O5S/c1-18-2-12-25(13-3-18)41(38,39)35(16-19-4-5-21(30)14-26(19)31)17-24-11-10-23(40-24)15-32-34-28(37)27(36)33-22-8-6-20(29)7-9-22/h2-15H,16-17H2,1H3,(H,33,36)(H,34,37)/b32-15+. The minimum atomic E-state index is -3.96. The van der Waals surface area contributed by atoms with Crippen molar-refractivity contribution in [1.82, 2.24) is 9.73 Å². The second-order valence-electron chi connectivity index (χ2n) is 8.79. The third-order valence-electron chi connectivity index (χ3n) is 5.70. The van der Waals surface area contributed by atoms with Crippen molar-refractivity contribution in [3.63, 3.8) is 0 Å². The molecule has 0 aliphatic carbocycles. The van der Waals surface area contributed by atoms with E-state index in [0.29, 0.717) is 32.1 Å². The van der Waals surface area contributed by atoms with Crippen molar-refractivity contribution in [2.24, 2.45) is 5.10 Å². The van der Waals surface area contributed by atoms with Gasteiger partial charge in [-0.2, -0.15) is 9.41 Å². The topological polar surface area (TPSA) is 121 Å². The number of furan rings is 1. The molecule has 2 amide bonds. The molecular formula is C28H23Cl3N4O5S. The Hall–Kier alpha value is -3.67. The molecule has 2 N–H and O–H groups in total. The Bertz CT molecular complexity index is 1690. The first-order valence-corrected chi connectivity index (χ1v) is 14.6. The van der Waals surface area contributed by atoms with Crippen molar-refractivity contribution in [3.8, 4) is 0 Å². The number of amides is 2. The highest BCUT2D eigenvalue weighted by Crippen LogP contribution is 2.27. The van der Waals surface area contributed by atoms with Gasteiger partial charge in [-0.3, -0.25) is 9.59 Å². The normalized spacial score (nSPS) is 11.6. The maximum Gasteiger partial charge on any atom is 0.329 e. The zero-order valence-corrected chi connectivity index (χ0v) is 24.6. The number of rotatable bonds is 9. The molecule has 0 saturated carbocycles. The molecule has 3 aromatic carbocycles. The van der Waals surface area contributed by atoms with Crippen molar-refractivity contribution in [3.05, 3.63) is 117 Å². The molecule has 212 valence electrons. The second kappa shape index (κ2) is 13.3. The van der Waals surface area contributed by atoms with Crippen molar-refractivity contribution in [1.29, 1.82) is 0 Å². The van der Waals surface area contributed by atoms with Gasteiger partial charge in [0.1, 0.15) is 11.5 Å². The largest absolute Gasteiger partial charge is 0.459 e. The highest BCUT2D eigenvalue weighted by atomic mass is 35.5. The molecule has 0 unspecified atom stereocenters. The van der Waals surface area contributed by atoms with Gasteiger partial charge in [0, 0.05) is 27.3 Å². The van der Waals surface area contributed by atoms with Crippen LogP contribution in [0.3, 0.4) is 0 Å². The van der Waals surface area contributed by atoms with Crippen LogP contribution in [-0.2, 0) is 32.7 Å². The Morgan fingerprint density at radius 2 is 1.56 bits per heavy atom. The summed E-state index contributed by atoms with van der Waals surface area (Å²) >= 11 is 18.2. The average molecular weight is 634 g/mol. The van der Waals surface area contributed by atoms with Gasteiger partial charge in [0.2, 0.25) is 10.0 Å². The highest BCUT2D eigenvalue weighted by Gasteiger charge is 2.27.